The molecule has 10 nitrogen and oxygen atoms in total. The number of fused-ring (bicyclic) bond motifs is 1. The van der Waals surface area contributed by atoms with Crippen molar-refractivity contribution in [1.82, 2.24) is 14.4 Å². The van der Waals surface area contributed by atoms with Crippen LogP contribution in [0.15, 0.2) is 97.1 Å². The molecule has 0 aliphatic carbocycles. The average molecular weight is 733 g/mol. The number of hydrogen-bond acceptors (Lipinski definition) is 7. The molecule has 1 aromatic heterocycles. The molecule has 0 saturated carbocycles. The summed E-state index contributed by atoms with van der Waals surface area (Å²) in [5, 5.41) is 22.1. The molecule has 1 saturated heterocycles. The largest absolute Gasteiger partial charge is 0.508 e. The first kappa shape index (κ1) is 37.7. The molecular formula is C39H45ClN4O6S. The molecule has 3 N–H and O–H groups in total. The van der Waals surface area contributed by atoms with E-state index in [1.54, 1.807) is 24.3 Å². The minimum Gasteiger partial charge on any atom is -0.508 e. The van der Waals surface area contributed by atoms with Gasteiger partial charge in [-0.15, -0.1) is 0 Å². The van der Waals surface area contributed by atoms with E-state index >= 15 is 0 Å². The summed E-state index contributed by atoms with van der Waals surface area (Å²) in [6, 6.07) is 30.6. The summed E-state index contributed by atoms with van der Waals surface area (Å²) >= 11 is 6.53. The Labute approximate surface area is 304 Å². The molecule has 4 aromatic carbocycles. The number of anilines is 1. The third-order valence-corrected chi connectivity index (χ3v) is 9.27. The molecule has 6 rings (SSSR count). The van der Waals surface area contributed by atoms with Gasteiger partial charge in [-0.05, 0) is 87.1 Å². The van der Waals surface area contributed by atoms with Crippen molar-refractivity contribution in [2.45, 2.75) is 25.3 Å². The van der Waals surface area contributed by atoms with Crippen LogP contribution in [0.1, 0.15) is 45.9 Å². The number of aromatic hydroxyl groups is 2. The van der Waals surface area contributed by atoms with Crippen LogP contribution in [0.2, 0.25) is 5.02 Å². The van der Waals surface area contributed by atoms with Crippen LogP contribution < -0.4 is 4.90 Å². The molecule has 1 amide bonds. The van der Waals surface area contributed by atoms with E-state index in [9.17, 15) is 23.4 Å². The first-order valence-corrected chi connectivity index (χ1v) is 19.1. The maximum Gasteiger partial charge on any atom is 0.270 e. The van der Waals surface area contributed by atoms with E-state index in [0.29, 0.717) is 49.7 Å². The highest BCUT2D eigenvalue weighted by atomic mass is 35.5. The van der Waals surface area contributed by atoms with Crippen LogP contribution in [0.4, 0.5) is 5.69 Å². The zero-order chi connectivity index (χ0) is 36.7. The van der Waals surface area contributed by atoms with Crippen molar-refractivity contribution in [3.8, 4) is 11.5 Å². The molecule has 51 heavy (non-hydrogen) atoms. The number of halogens is 1. The van der Waals surface area contributed by atoms with Crippen LogP contribution in [0, 0.1) is 0 Å². The van der Waals surface area contributed by atoms with E-state index in [1.165, 1.54) is 0 Å². The second kappa shape index (κ2) is 16.6. The van der Waals surface area contributed by atoms with Crippen molar-refractivity contribution in [1.29, 1.82) is 0 Å². The van der Waals surface area contributed by atoms with E-state index in [1.807, 2.05) is 65.6 Å². The van der Waals surface area contributed by atoms with Gasteiger partial charge in [0.15, 0.2) is 0 Å². The molecular weight excluding hydrogens is 688 g/mol. The Hall–Kier alpha value is -4.55. The highest BCUT2D eigenvalue weighted by Crippen LogP contribution is 2.42. The van der Waals surface area contributed by atoms with Gasteiger partial charge in [0, 0.05) is 55.1 Å². The van der Waals surface area contributed by atoms with Gasteiger partial charge in [-0.25, -0.2) is 0 Å². The fourth-order valence-electron chi connectivity index (χ4n) is 6.65. The van der Waals surface area contributed by atoms with Crippen molar-refractivity contribution in [3.05, 3.63) is 124 Å². The lowest BCUT2D eigenvalue weighted by atomic mass is 9.83. The van der Waals surface area contributed by atoms with Gasteiger partial charge < -0.3 is 29.5 Å². The molecule has 0 bridgehead atoms. The molecule has 0 atom stereocenters. The number of hydrogen-bond donors (Lipinski definition) is 3. The summed E-state index contributed by atoms with van der Waals surface area (Å²) in [5.41, 5.74) is 5.57. The number of aryl methyl sites for hydroxylation is 1. The third kappa shape index (κ3) is 9.62. The van der Waals surface area contributed by atoms with Crippen molar-refractivity contribution >= 4 is 44.2 Å². The first-order valence-electron chi connectivity index (χ1n) is 16.9. The molecule has 2 heterocycles. The Kier molecular flexibility index (Phi) is 12.3. The van der Waals surface area contributed by atoms with Gasteiger partial charge in [-0.3, -0.25) is 9.35 Å². The first-order chi connectivity index (χ1) is 24.3. The standard InChI is InChI=1S/C38H41ClN4O3.CH4O3S/c1-40(2)21-7-8-22-43-33-11-5-3-9-31(33)36(35(27-13-17-29(44)18-14-27)28-15-19-30(45)20-16-28)37(43)38(46)42-25-23-41(24-26-42)34-12-6-4-10-32(34)39;1-5(2,3)4/h3-6,9-20,35,44-45H,7-8,21-26H2,1-2H3;1H3,(H,2,3,4). The van der Waals surface area contributed by atoms with Crippen molar-refractivity contribution in [2.24, 2.45) is 0 Å². The number of carbonyl (C=O) groups excluding carboxylic acids is 1. The van der Waals surface area contributed by atoms with Gasteiger partial charge in [-0.1, -0.05) is 66.2 Å². The zero-order valence-corrected chi connectivity index (χ0v) is 30.7. The lowest BCUT2D eigenvalue weighted by Crippen LogP contribution is -2.49. The van der Waals surface area contributed by atoms with Crippen LogP contribution in [-0.2, 0) is 16.7 Å². The van der Waals surface area contributed by atoms with E-state index in [2.05, 4.69) is 40.6 Å². The molecule has 12 heteroatoms. The second-order valence-corrected chi connectivity index (χ2v) is 14.9. The number of benzene rings is 4. The summed E-state index contributed by atoms with van der Waals surface area (Å²) in [6.45, 7) is 4.22. The number of amides is 1. The number of piperazine rings is 1. The van der Waals surface area contributed by atoms with E-state index in [0.717, 1.165) is 52.7 Å². The number of carbonyl (C=O) groups is 1. The van der Waals surface area contributed by atoms with E-state index in [-0.39, 0.29) is 23.3 Å². The van der Waals surface area contributed by atoms with Gasteiger partial charge in [0.25, 0.3) is 16.0 Å². The fourth-order valence-corrected chi connectivity index (χ4v) is 6.91. The van der Waals surface area contributed by atoms with Crippen LogP contribution in [0.25, 0.3) is 10.9 Å². The molecule has 1 aliphatic heterocycles. The number of para-hydroxylation sites is 2. The molecule has 5 aromatic rings. The average Bonchev–Trinajstić information content (AvgIpc) is 3.41. The molecule has 0 radical (unpaired) electrons. The molecule has 1 fully saturated rings. The Morgan fingerprint density at radius 3 is 1.88 bits per heavy atom. The quantitative estimate of drug-likeness (QED) is 0.107. The number of nitrogens with zero attached hydrogens (tertiary/aromatic N) is 4. The van der Waals surface area contributed by atoms with Gasteiger partial charge in [0.05, 0.1) is 17.0 Å². The minimum atomic E-state index is -3.67. The summed E-state index contributed by atoms with van der Waals surface area (Å²) in [5.74, 6) is 0.0751. The molecule has 0 unspecified atom stereocenters. The maximum atomic E-state index is 14.9. The van der Waals surface area contributed by atoms with Gasteiger partial charge in [0.2, 0.25) is 0 Å². The van der Waals surface area contributed by atoms with Gasteiger partial charge >= 0.3 is 0 Å². The number of unbranched alkanes of at least 4 members (excludes halogenated alkanes) is 1. The number of phenolic OH excluding ortho intramolecular Hbond substituents is 2. The van der Waals surface area contributed by atoms with Crippen molar-refractivity contribution in [3.63, 3.8) is 0 Å². The normalized spacial score (nSPS) is 13.5. The predicted octanol–water partition coefficient (Wildman–Crippen LogP) is 6.69. The lowest BCUT2D eigenvalue weighted by molar-refractivity contribution is 0.0734. The van der Waals surface area contributed by atoms with Crippen LogP contribution >= 0.6 is 11.6 Å². The SMILES string of the molecule is CN(C)CCCCn1c(C(=O)N2CCN(c3ccccc3Cl)CC2)c(C(c2ccc(O)cc2)c2ccc(O)cc2)c2ccccc21.CS(=O)(=O)O. The minimum absolute atomic E-state index is 0.0141. The topological polar surface area (TPSA) is 127 Å². The number of phenols is 2. The predicted molar refractivity (Wildman–Crippen MR) is 204 cm³/mol. The van der Waals surface area contributed by atoms with Crippen LogP contribution in [-0.4, -0.2) is 96.5 Å². The zero-order valence-electron chi connectivity index (χ0n) is 29.1. The Morgan fingerprint density at radius 2 is 1.33 bits per heavy atom. The van der Waals surface area contributed by atoms with Crippen LogP contribution in [0.3, 0.4) is 0 Å². The second-order valence-electron chi connectivity index (χ2n) is 13.0. The summed E-state index contributed by atoms with van der Waals surface area (Å²) < 4.78 is 28.1. The smallest absolute Gasteiger partial charge is 0.270 e. The van der Waals surface area contributed by atoms with E-state index < -0.39 is 10.1 Å². The third-order valence-electron chi connectivity index (χ3n) is 8.95. The monoisotopic (exact) mass is 732 g/mol. The Bertz CT molecular complexity index is 1990. The van der Waals surface area contributed by atoms with Gasteiger partial charge in [0.1, 0.15) is 17.2 Å². The maximum absolute atomic E-state index is 14.9. The number of rotatable bonds is 10. The highest BCUT2D eigenvalue weighted by molar-refractivity contribution is 7.85. The summed E-state index contributed by atoms with van der Waals surface area (Å²) in [6.07, 6.45) is 2.66. The van der Waals surface area contributed by atoms with Crippen molar-refractivity contribution < 1.29 is 28.0 Å². The summed E-state index contributed by atoms with van der Waals surface area (Å²) in [4.78, 5) is 21.3. The van der Waals surface area contributed by atoms with Crippen molar-refractivity contribution in [2.75, 3.05) is 58.0 Å². The summed E-state index contributed by atoms with van der Waals surface area (Å²) in [7, 11) is 0.501. The van der Waals surface area contributed by atoms with Crippen LogP contribution in [0.5, 0.6) is 11.5 Å². The molecule has 1 aliphatic rings. The fraction of sp³-hybridized carbons (Fsp3) is 0.308. The highest BCUT2D eigenvalue weighted by Gasteiger charge is 2.33. The van der Waals surface area contributed by atoms with Gasteiger partial charge in [-0.2, -0.15) is 8.42 Å². The molecule has 0 spiro atoms. The number of aromatic nitrogens is 1. The Balaban J connectivity index is 0.000000943. The Morgan fingerprint density at radius 1 is 0.804 bits per heavy atom. The lowest BCUT2D eigenvalue weighted by Gasteiger charge is -2.37. The van der Waals surface area contributed by atoms with E-state index in [4.69, 9.17) is 16.2 Å². The molecule has 270 valence electrons.